The molecule has 1 aliphatic carbocycles. The van der Waals surface area contributed by atoms with E-state index in [2.05, 4.69) is 18.9 Å². The summed E-state index contributed by atoms with van der Waals surface area (Å²) in [5.41, 5.74) is 6.79. The molecule has 1 heterocycles. The second-order valence-electron chi connectivity index (χ2n) is 4.91. The molecule has 0 radical (unpaired) electrons. The fourth-order valence-corrected chi connectivity index (χ4v) is 2.33. The van der Waals surface area contributed by atoms with Crippen molar-refractivity contribution in [3.8, 4) is 0 Å². The van der Waals surface area contributed by atoms with E-state index in [1.807, 2.05) is 10.7 Å². The van der Waals surface area contributed by atoms with Gasteiger partial charge in [-0.1, -0.05) is 0 Å². The lowest BCUT2D eigenvalue weighted by Gasteiger charge is -2.23. The summed E-state index contributed by atoms with van der Waals surface area (Å²) in [7, 11) is 1.37. The summed E-state index contributed by atoms with van der Waals surface area (Å²) in [6, 6.07) is 1.62. The van der Waals surface area contributed by atoms with Crippen LogP contribution in [-0.4, -0.2) is 28.9 Å². The Balaban J connectivity index is 2.32. The molecule has 2 N–H and O–H groups in total. The molecule has 94 valence electrons. The van der Waals surface area contributed by atoms with Crippen LogP contribution < -0.4 is 5.73 Å². The third-order valence-corrected chi connectivity index (χ3v) is 3.51. The summed E-state index contributed by atoms with van der Waals surface area (Å²) in [6.07, 6.45) is 3.60. The highest BCUT2D eigenvalue weighted by Crippen LogP contribution is 2.50. The van der Waals surface area contributed by atoms with Gasteiger partial charge < -0.3 is 10.5 Å². The quantitative estimate of drug-likeness (QED) is 0.793. The lowest BCUT2D eigenvalue weighted by molar-refractivity contribution is -0.143. The largest absolute Gasteiger partial charge is 0.468 e. The van der Waals surface area contributed by atoms with Gasteiger partial charge in [0.15, 0.2) is 0 Å². The van der Waals surface area contributed by atoms with E-state index in [0.29, 0.717) is 0 Å². The Morgan fingerprint density at radius 1 is 1.59 bits per heavy atom. The fourth-order valence-electron chi connectivity index (χ4n) is 2.33. The van der Waals surface area contributed by atoms with Crippen LogP contribution in [0, 0.1) is 0 Å². The van der Waals surface area contributed by atoms with Crippen LogP contribution in [0.25, 0.3) is 0 Å². The zero-order chi connectivity index (χ0) is 12.6. The Bertz CT molecular complexity index is 421. The zero-order valence-electron chi connectivity index (χ0n) is 10.5. The second kappa shape index (κ2) is 4.14. The van der Waals surface area contributed by atoms with Crippen LogP contribution in [-0.2, 0) is 14.9 Å². The van der Waals surface area contributed by atoms with Crippen LogP contribution in [0.5, 0.6) is 0 Å². The van der Waals surface area contributed by atoms with Gasteiger partial charge in [-0.15, -0.1) is 0 Å². The molecule has 5 nitrogen and oxygen atoms in total. The van der Waals surface area contributed by atoms with Crippen LogP contribution in [0.2, 0.25) is 0 Å². The molecule has 1 aromatic rings. The molecule has 5 heteroatoms. The van der Waals surface area contributed by atoms with E-state index >= 15 is 0 Å². The molecule has 0 saturated heterocycles. The molecule has 1 fully saturated rings. The summed E-state index contributed by atoms with van der Waals surface area (Å²) < 4.78 is 6.68. The minimum Gasteiger partial charge on any atom is -0.468 e. The molecule has 1 aliphatic rings. The van der Waals surface area contributed by atoms with Crippen molar-refractivity contribution in [1.29, 1.82) is 0 Å². The SMILES string of the molecule is COC(=O)C(N)C1(c2ccnn2C(C)C)CC1. The van der Waals surface area contributed by atoms with Crippen molar-refractivity contribution in [3.05, 3.63) is 18.0 Å². The highest BCUT2D eigenvalue weighted by Gasteiger charge is 2.54. The van der Waals surface area contributed by atoms with Gasteiger partial charge in [0.25, 0.3) is 0 Å². The molecule has 17 heavy (non-hydrogen) atoms. The standard InChI is InChI=1S/C12H19N3O2/c1-8(2)15-9(4-7-14-15)12(5-6-12)10(13)11(16)17-3/h4,7-8,10H,5-6,13H2,1-3H3. The van der Waals surface area contributed by atoms with Gasteiger partial charge in [-0.25, -0.2) is 0 Å². The number of aromatic nitrogens is 2. The summed E-state index contributed by atoms with van der Waals surface area (Å²) in [5, 5.41) is 4.30. The Morgan fingerprint density at radius 3 is 2.71 bits per heavy atom. The number of methoxy groups -OCH3 is 1. The number of carbonyl (C=O) groups is 1. The molecule has 2 rings (SSSR count). The zero-order valence-corrected chi connectivity index (χ0v) is 10.5. The maximum atomic E-state index is 11.6. The van der Waals surface area contributed by atoms with Gasteiger partial charge in [0.1, 0.15) is 6.04 Å². The first-order valence-corrected chi connectivity index (χ1v) is 5.90. The van der Waals surface area contributed by atoms with Crippen molar-refractivity contribution in [3.63, 3.8) is 0 Å². The summed E-state index contributed by atoms with van der Waals surface area (Å²) in [6.45, 7) is 4.13. The van der Waals surface area contributed by atoms with Gasteiger partial charge in [0.2, 0.25) is 0 Å². The molecule has 1 unspecified atom stereocenters. The maximum Gasteiger partial charge on any atom is 0.323 e. The third-order valence-electron chi connectivity index (χ3n) is 3.51. The van der Waals surface area contributed by atoms with Crippen molar-refractivity contribution >= 4 is 5.97 Å². The molecule has 0 aliphatic heterocycles. The molecule has 0 bridgehead atoms. The monoisotopic (exact) mass is 237 g/mol. The van der Waals surface area contributed by atoms with Crippen molar-refractivity contribution in [2.24, 2.45) is 5.73 Å². The number of hydrogen-bond donors (Lipinski definition) is 1. The van der Waals surface area contributed by atoms with Gasteiger partial charge in [0.05, 0.1) is 7.11 Å². The number of esters is 1. The normalized spacial score (nSPS) is 19.1. The van der Waals surface area contributed by atoms with Crippen molar-refractivity contribution in [2.45, 2.75) is 44.2 Å². The van der Waals surface area contributed by atoms with E-state index in [1.165, 1.54) is 7.11 Å². The van der Waals surface area contributed by atoms with Crippen molar-refractivity contribution in [1.82, 2.24) is 9.78 Å². The number of ether oxygens (including phenoxy) is 1. The number of rotatable bonds is 4. The number of nitrogens with two attached hydrogens (primary N) is 1. The van der Waals surface area contributed by atoms with Gasteiger partial charge in [0, 0.05) is 23.3 Å². The Hall–Kier alpha value is -1.36. The van der Waals surface area contributed by atoms with E-state index in [1.54, 1.807) is 6.20 Å². The highest BCUT2D eigenvalue weighted by atomic mass is 16.5. The van der Waals surface area contributed by atoms with Gasteiger partial charge >= 0.3 is 5.97 Å². The van der Waals surface area contributed by atoms with Gasteiger partial charge in [-0.2, -0.15) is 5.10 Å². The van der Waals surface area contributed by atoms with Crippen molar-refractivity contribution in [2.75, 3.05) is 7.11 Å². The maximum absolute atomic E-state index is 11.6. The molecule has 0 spiro atoms. The third kappa shape index (κ3) is 1.84. The van der Waals surface area contributed by atoms with Gasteiger partial charge in [-0.3, -0.25) is 9.48 Å². The average molecular weight is 237 g/mol. The highest BCUT2D eigenvalue weighted by molar-refractivity contribution is 5.78. The van der Waals surface area contributed by atoms with Crippen LogP contribution in [0.1, 0.15) is 38.4 Å². The summed E-state index contributed by atoms with van der Waals surface area (Å²) in [5.74, 6) is -0.348. The number of nitrogens with zero attached hydrogens (tertiary/aromatic N) is 2. The minimum atomic E-state index is -0.596. The van der Waals surface area contributed by atoms with Crippen LogP contribution >= 0.6 is 0 Å². The topological polar surface area (TPSA) is 70.1 Å². The van der Waals surface area contributed by atoms with Crippen molar-refractivity contribution < 1.29 is 9.53 Å². The lowest BCUT2D eigenvalue weighted by atomic mass is 9.93. The Morgan fingerprint density at radius 2 is 2.24 bits per heavy atom. The van der Waals surface area contributed by atoms with Gasteiger partial charge in [-0.05, 0) is 32.8 Å². The van der Waals surface area contributed by atoms with E-state index in [4.69, 9.17) is 10.5 Å². The average Bonchev–Trinajstić information content (AvgIpc) is 2.96. The molecule has 1 atom stereocenters. The first-order chi connectivity index (χ1) is 8.03. The Kier molecular flexibility index (Phi) is 2.95. The smallest absolute Gasteiger partial charge is 0.323 e. The number of carbonyl (C=O) groups excluding carboxylic acids is 1. The van der Waals surface area contributed by atoms with E-state index in [9.17, 15) is 4.79 Å². The van der Waals surface area contributed by atoms with Crippen LogP contribution in [0.3, 0.4) is 0 Å². The lowest BCUT2D eigenvalue weighted by Crippen LogP contribution is -2.44. The molecular weight excluding hydrogens is 218 g/mol. The molecule has 0 amide bonds. The predicted octanol–water partition coefficient (Wildman–Crippen LogP) is 0.996. The predicted molar refractivity (Wildman–Crippen MR) is 63.5 cm³/mol. The van der Waals surface area contributed by atoms with E-state index in [-0.39, 0.29) is 17.4 Å². The van der Waals surface area contributed by atoms with E-state index in [0.717, 1.165) is 18.5 Å². The molecule has 1 aromatic heterocycles. The number of hydrogen-bond acceptors (Lipinski definition) is 4. The first-order valence-electron chi connectivity index (χ1n) is 5.90. The van der Waals surface area contributed by atoms with E-state index < -0.39 is 6.04 Å². The fraction of sp³-hybridized carbons (Fsp3) is 0.667. The molecular formula is C12H19N3O2. The first kappa shape index (κ1) is 12.1. The summed E-state index contributed by atoms with van der Waals surface area (Å²) in [4.78, 5) is 11.6. The summed E-state index contributed by atoms with van der Waals surface area (Å²) >= 11 is 0. The second-order valence-corrected chi connectivity index (χ2v) is 4.91. The van der Waals surface area contributed by atoms with Crippen LogP contribution in [0.15, 0.2) is 12.3 Å². The Labute approximate surface area is 101 Å². The minimum absolute atomic E-state index is 0.266. The molecule has 1 saturated carbocycles. The molecule has 0 aromatic carbocycles. The van der Waals surface area contributed by atoms with Crippen LogP contribution in [0.4, 0.5) is 0 Å².